The van der Waals surface area contributed by atoms with Crippen molar-refractivity contribution < 1.29 is 13.9 Å². The number of methoxy groups -OCH3 is 1. The molecule has 2 N–H and O–H groups in total. The molecule has 0 aliphatic carbocycles. The zero-order chi connectivity index (χ0) is 18.2. The summed E-state index contributed by atoms with van der Waals surface area (Å²) in [7, 11) is 1.69. The van der Waals surface area contributed by atoms with Crippen LogP contribution in [0.3, 0.4) is 0 Å². The summed E-state index contributed by atoms with van der Waals surface area (Å²) in [6, 6.07) is 14.0. The van der Waals surface area contributed by atoms with Crippen LogP contribution < -0.4 is 14.8 Å². The van der Waals surface area contributed by atoms with Gasteiger partial charge in [-0.25, -0.2) is 0 Å². The monoisotopic (exact) mass is 356 g/mol. The van der Waals surface area contributed by atoms with E-state index >= 15 is 0 Å². The Kier molecular flexibility index (Phi) is 6.50. The molecule has 3 aromatic rings. The minimum absolute atomic E-state index is 0.346. The molecule has 0 amide bonds. The molecule has 4 nitrogen and oxygen atoms in total. The number of aromatic nitrogens is 1. The summed E-state index contributed by atoms with van der Waals surface area (Å²) in [5.41, 5.74) is 3.47. The number of alkyl halides is 1. The van der Waals surface area contributed by atoms with Gasteiger partial charge in [-0.2, -0.15) is 0 Å². The maximum absolute atomic E-state index is 12.1. The van der Waals surface area contributed by atoms with Gasteiger partial charge in [0.05, 0.1) is 25.9 Å². The lowest BCUT2D eigenvalue weighted by Gasteiger charge is -2.08. The summed E-state index contributed by atoms with van der Waals surface area (Å²) in [5.74, 6) is 1.66. The normalized spacial score (nSPS) is 11.0. The topological polar surface area (TPSA) is 46.3 Å². The van der Waals surface area contributed by atoms with E-state index in [-0.39, 0.29) is 6.67 Å². The zero-order valence-corrected chi connectivity index (χ0v) is 15.1. The van der Waals surface area contributed by atoms with Crippen molar-refractivity contribution in [3.05, 3.63) is 59.8 Å². The number of hydrogen-bond donors (Lipinski definition) is 2. The highest BCUT2D eigenvalue weighted by Gasteiger charge is 2.07. The molecule has 26 heavy (non-hydrogen) atoms. The van der Waals surface area contributed by atoms with Gasteiger partial charge in [-0.3, -0.25) is 4.39 Å². The SMILES string of the molecule is COc1cccc2c(CCNCc3cccc(OCCCF)c3)c[nH]c12. The molecule has 0 unspecified atom stereocenters. The predicted molar refractivity (Wildman–Crippen MR) is 103 cm³/mol. The fourth-order valence-corrected chi connectivity index (χ4v) is 3.01. The van der Waals surface area contributed by atoms with Crippen molar-refractivity contribution in [2.24, 2.45) is 0 Å². The van der Waals surface area contributed by atoms with Crippen molar-refractivity contribution in [3.8, 4) is 11.5 Å². The molecule has 5 heteroatoms. The van der Waals surface area contributed by atoms with Crippen molar-refractivity contribution in [2.45, 2.75) is 19.4 Å². The van der Waals surface area contributed by atoms with Gasteiger partial charge < -0.3 is 19.8 Å². The Labute approximate surface area is 153 Å². The van der Waals surface area contributed by atoms with Crippen molar-refractivity contribution in [1.82, 2.24) is 10.3 Å². The van der Waals surface area contributed by atoms with Gasteiger partial charge in [0.15, 0.2) is 0 Å². The van der Waals surface area contributed by atoms with Crippen LogP contribution >= 0.6 is 0 Å². The van der Waals surface area contributed by atoms with Crippen molar-refractivity contribution >= 4 is 10.9 Å². The molecule has 0 spiro atoms. The quantitative estimate of drug-likeness (QED) is 0.534. The lowest BCUT2D eigenvalue weighted by Crippen LogP contribution is -2.16. The Morgan fingerprint density at radius 2 is 2.04 bits per heavy atom. The fourth-order valence-electron chi connectivity index (χ4n) is 3.01. The standard InChI is InChI=1S/C21H25FN2O2/c1-25-20-8-3-7-19-17(15-24-21(19)20)9-11-23-14-16-5-2-6-18(13-16)26-12-4-10-22/h2-3,5-8,13,15,23-24H,4,9-12,14H2,1H3. The van der Waals surface area contributed by atoms with Crippen LogP contribution in [0.2, 0.25) is 0 Å². The molecule has 0 saturated carbocycles. The van der Waals surface area contributed by atoms with Gasteiger partial charge in [0.1, 0.15) is 11.5 Å². The molecule has 0 saturated heterocycles. The van der Waals surface area contributed by atoms with Crippen LogP contribution in [0.4, 0.5) is 4.39 Å². The van der Waals surface area contributed by atoms with Crippen molar-refractivity contribution in [1.29, 1.82) is 0 Å². The first-order chi connectivity index (χ1) is 12.8. The third-order valence-corrected chi connectivity index (χ3v) is 4.33. The Morgan fingerprint density at radius 1 is 1.15 bits per heavy atom. The van der Waals surface area contributed by atoms with E-state index in [1.54, 1.807) is 7.11 Å². The number of aromatic amines is 1. The molecule has 0 radical (unpaired) electrons. The van der Waals surface area contributed by atoms with E-state index in [9.17, 15) is 4.39 Å². The number of para-hydroxylation sites is 1. The number of halogens is 1. The second-order valence-corrected chi connectivity index (χ2v) is 6.16. The van der Waals surface area contributed by atoms with Gasteiger partial charge >= 0.3 is 0 Å². The van der Waals surface area contributed by atoms with Gasteiger partial charge in [0, 0.05) is 24.5 Å². The van der Waals surface area contributed by atoms with Crippen LogP contribution in [0, 0.1) is 0 Å². The molecule has 2 aromatic carbocycles. The smallest absolute Gasteiger partial charge is 0.142 e. The van der Waals surface area contributed by atoms with Crippen molar-refractivity contribution in [3.63, 3.8) is 0 Å². The molecule has 0 aliphatic heterocycles. The number of benzene rings is 2. The zero-order valence-electron chi connectivity index (χ0n) is 15.1. The average molecular weight is 356 g/mol. The Balaban J connectivity index is 1.51. The molecule has 1 heterocycles. The van der Waals surface area contributed by atoms with Crippen LogP contribution in [-0.2, 0) is 13.0 Å². The lowest BCUT2D eigenvalue weighted by molar-refractivity contribution is 0.289. The minimum Gasteiger partial charge on any atom is -0.495 e. The average Bonchev–Trinajstić information content (AvgIpc) is 3.09. The number of nitrogens with one attached hydrogen (secondary N) is 2. The highest BCUT2D eigenvalue weighted by Crippen LogP contribution is 2.27. The number of ether oxygens (including phenoxy) is 2. The van der Waals surface area contributed by atoms with Gasteiger partial charge in [-0.05, 0) is 42.3 Å². The summed E-state index contributed by atoms with van der Waals surface area (Å²) >= 11 is 0. The summed E-state index contributed by atoms with van der Waals surface area (Å²) in [6.07, 6.45) is 3.41. The largest absolute Gasteiger partial charge is 0.495 e. The predicted octanol–water partition coefficient (Wildman–Crippen LogP) is 4.25. The molecule has 138 valence electrons. The molecule has 0 bridgehead atoms. The summed E-state index contributed by atoms with van der Waals surface area (Å²) in [4.78, 5) is 3.30. The molecule has 1 aromatic heterocycles. The van der Waals surface area contributed by atoms with E-state index < -0.39 is 0 Å². The maximum Gasteiger partial charge on any atom is 0.142 e. The second-order valence-electron chi connectivity index (χ2n) is 6.16. The summed E-state index contributed by atoms with van der Waals surface area (Å²) < 4.78 is 23.1. The number of fused-ring (bicyclic) bond motifs is 1. The number of rotatable bonds is 10. The summed E-state index contributed by atoms with van der Waals surface area (Å²) in [5, 5.41) is 4.67. The number of H-pyrrole nitrogens is 1. The first-order valence-corrected chi connectivity index (χ1v) is 8.93. The molecule has 0 aliphatic rings. The first-order valence-electron chi connectivity index (χ1n) is 8.93. The molecule has 0 fully saturated rings. The molecule has 0 atom stereocenters. The van der Waals surface area contributed by atoms with Crippen LogP contribution in [0.1, 0.15) is 17.5 Å². The van der Waals surface area contributed by atoms with Crippen LogP contribution in [0.25, 0.3) is 10.9 Å². The van der Waals surface area contributed by atoms with E-state index in [1.165, 1.54) is 10.9 Å². The lowest BCUT2D eigenvalue weighted by atomic mass is 10.1. The van der Waals surface area contributed by atoms with Crippen LogP contribution in [0.5, 0.6) is 11.5 Å². The van der Waals surface area contributed by atoms with E-state index in [2.05, 4.69) is 22.4 Å². The molecular formula is C21H25FN2O2. The first kappa shape index (κ1) is 18.3. The minimum atomic E-state index is -0.346. The van der Waals surface area contributed by atoms with Crippen LogP contribution in [0.15, 0.2) is 48.7 Å². The molecule has 3 rings (SSSR count). The Hall–Kier alpha value is -2.53. The third-order valence-electron chi connectivity index (χ3n) is 4.33. The van der Waals surface area contributed by atoms with E-state index in [0.29, 0.717) is 13.0 Å². The summed E-state index contributed by atoms with van der Waals surface area (Å²) in [6.45, 7) is 1.71. The van der Waals surface area contributed by atoms with E-state index in [1.807, 2.05) is 36.5 Å². The number of hydrogen-bond acceptors (Lipinski definition) is 3. The highest BCUT2D eigenvalue weighted by atomic mass is 19.1. The third kappa shape index (κ3) is 4.55. The fraction of sp³-hybridized carbons (Fsp3) is 0.333. The highest BCUT2D eigenvalue weighted by molar-refractivity contribution is 5.88. The Morgan fingerprint density at radius 3 is 2.88 bits per heavy atom. The molecular weight excluding hydrogens is 331 g/mol. The van der Waals surface area contributed by atoms with E-state index in [4.69, 9.17) is 9.47 Å². The van der Waals surface area contributed by atoms with Gasteiger partial charge in [0.25, 0.3) is 0 Å². The van der Waals surface area contributed by atoms with Gasteiger partial charge in [-0.15, -0.1) is 0 Å². The van der Waals surface area contributed by atoms with Gasteiger partial charge in [0.2, 0.25) is 0 Å². The van der Waals surface area contributed by atoms with Crippen LogP contribution in [-0.4, -0.2) is 31.9 Å². The van der Waals surface area contributed by atoms with Gasteiger partial charge in [-0.1, -0.05) is 24.3 Å². The maximum atomic E-state index is 12.1. The Bertz CT molecular complexity index is 832. The second kappa shape index (κ2) is 9.25. The van der Waals surface area contributed by atoms with E-state index in [0.717, 1.165) is 42.1 Å². The van der Waals surface area contributed by atoms with Crippen molar-refractivity contribution in [2.75, 3.05) is 26.9 Å².